The Balaban J connectivity index is 4.99. The lowest BCUT2D eigenvalue weighted by atomic mass is 10.0. The molecule has 0 atom stereocenters. The molecule has 0 unspecified atom stereocenters. The fraction of sp³-hybridized carbons (Fsp3) is 1.00. The van der Waals surface area contributed by atoms with Gasteiger partial charge in [0, 0.05) is 13.1 Å². The highest BCUT2D eigenvalue weighted by Crippen LogP contribution is 2.15. The van der Waals surface area contributed by atoms with Gasteiger partial charge in [-0.25, -0.2) is 0 Å². The minimum Gasteiger partial charge on any atom is -0.394 e. The van der Waals surface area contributed by atoms with Crippen molar-refractivity contribution in [1.29, 1.82) is 0 Å². The molecule has 0 aromatic carbocycles. The summed E-state index contributed by atoms with van der Waals surface area (Å²) in [6, 6.07) is 0. The lowest BCUT2D eigenvalue weighted by Gasteiger charge is -2.40. The van der Waals surface area contributed by atoms with Gasteiger partial charge in [-0.05, 0) is 6.42 Å². The number of rotatable bonds is 11. The van der Waals surface area contributed by atoms with Gasteiger partial charge in [0.25, 0.3) is 20.2 Å². The third-order valence-corrected chi connectivity index (χ3v) is 4.51. The molecule has 10 nitrogen and oxygen atoms in total. The van der Waals surface area contributed by atoms with E-state index >= 15 is 0 Å². The zero-order valence-electron chi connectivity index (χ0n) is 11.3. The molecular weight excluding hydrogens is 330 g/mol. The van der Waals surface area contributed by atoms with E-state index < -0.39 is 57.1 Å². The van der Waals surface area contributed by atoms with E-state index in [9.17, 15) is 32.2 Å². The van der Waals surface area contributed by atoms with E-state index in [-0.39, 0.29) is 19.5 Å². The molecular formula is C9H21NO9S2. The summed E-state index contributed by atoms with van der Waals surface area (Å²) in [5, 5.41) is 27.9. The van der Waals surface area contributed by atoms with E-state index in [2.05, 4.69) is 0 Å². The van der Waals surface area contributed by atoms with Crippen LogP contribution >= 0.6 is 0 Å². The van der Waals surface area contributed by atoms with Crippen LogP contribution in [0.15, 0.2) is 0 Å². The van der Waals surface area contributed by atoms with Gasteiger partial charge in [0.2, 0.25) is 0 Å². The van der Waals surface area contributed by atoms with Crippen LogP contribution in [0.2, 0.25) is 0 Å². The van der Waals surface area contributed by atoms with Crippen molar-refractivity contribution < 1.29 is 41.3 Å². The molecule has 0 rings (SSSR count). The monoisotopic (exact) mass is 351 g/mol. The second kappa shape index (κ2) is 8.33. The number of nitrogens with zero attached hydrogens (tertiary/aromatic N) is 1. The first-order chi connectivity index (χ1) is 9.49. The highest BCUT2D eigenvalue weighted by atomic mass is 32.2. The Bertz CT molecular complexity index is 489. The van der Waals surface area contributed by atoms with Gasteiger partial charge in [0.15, 0.2) is 0 Å². The maximum atomic E-state index is 10.8. The van der Waals surface area contributed by atoms with Crippen molar-refractivity contribution >= 4 is 20.2 Å². The molecule has 0 aliphatic rings. The van der Waals surface area contributed by atoms with Crippen LogP contribution in [0.3, 0.4) is 0 Å². The van der Waals surface area contributed by atoms with Crippen molar-refractivity contribution in [3.63, 3.8) is 0 Å². The molecule has 5 N–H and O–H groups in total. The Morgan fingerprint density at radius 3 is 1.52 bits per heavy atom. The predicted octanol–water partition coefficient (Wildman–Crippen LogP) is -2.83. The van der Waals surface area contributed by atoms with Crippen LogP contribution in [0.25, 0.3) is 0 Å². The summed E-state index contributed by atoms with van der Waals surface area (Å²) >= 11 is 0. The topological polar surface area (TPSA) is 173 Å². The fourth-order valence-electron chi connectivity index (χ4n) is 1.70. The Kier molecular flexibility index (Phi) is 8.20. The van der Waals surface area contributed by atoms with Crippen molar-refractivity contribution in [1.82, 2.24) is 4.90 Å². The Labute approximate surface area is 123 Å². The summed E-state index contributed by atoms with van der Waals surface area (Å²) in [6.07, 6.45) is -0.119. The summed E-state index contributed by atoms with van der Waals surface area (Å²) in [4.78, 5) is 1.16. The highest BCUT2D eigenvalue weighted by Gasteiger charge is 2.35. The van der Waals surface area contributed by atoms with Gasteiger partial charge >= 0.3 is 0 Å². The maximum Gasteiger partial charge on any atom is 0.266 e. The molecule has 12 heteroatoms. The van der Waals surface area contributed by atoms with Crippen LogP contribution in [0.5, 0.6) is 0 Å². The average molecular weight is 351 g/mol. The molecule has 0 aromatic heterocycles. The maximum absolute atomic E-state index is 10.8. The van der Waals surface area contributed by atoms with Gasteiger partial charge < -0.3 is 15.3 Å². The third-order valence-electron chi connectivity index (χ3n) is 3.00. The molecule has 0 amide bonds. The van der Waals surface area contributed by atoms with Gasteiger partial charge in [0.05, 0.1) is 36.9 Å². The second-order valence-electron chi connectivity index (χ2n) is 4.61. The highest BCUT2D eigenvalue weighted by molar-refractivity contribution is 7.86. The predicted molar refractivity (Wildman–Crippen MR) is 73.0 cm³/mol. The van der Waals surface area contributed by atoms with Gasteiger partial charge in [-0.2, -0.15) is 16.8 Å². The van der Waals surface area contributed by atoms with Gasteiger partial charge in [-0.1, -0.05) is 0 Å². The minimum atomic E-state index is -4.31. The summed E-state index contributed by atoms with van der Waals surface area (Å²) in [7, 11) is -8.52. The third kappa shape index (κ3) is 8.01. The van der Waals surface area contributed by atoms with E-state index in [0.29, 0.717) is 0 Å². The summed E-state index contributed by atoms with van der Waals surface area (Å²) in [6.45, 7) is -2.60. The lowest BCUT2D eigenvalue weighted by molar-refractivity contribution is -0.0450. The van der Waals surface area contributed by atoms with E-state index in [1.54, 1.807) is 0 Å². The number of aliphatic hydroxyl groups is 3. The molecule has 21 heavy (non-hydrogen) atoms. The quantitative estimate of drug-likeness (QED) is 0.244. The van der Waals surface area contributed by atoms with E-state index in [1.807, 2.05) is 0 Å². The average Bonchev–Trinajstić information content (AvgIpc) is 2.35. The van der Waals surface area contributed by atoms with E-state index in [0.717, 1.165) is 4.90 Å². The van der Waals surface area contributed by atoms with Crippen molar-refractivity contribution in [3.8, 4) is 0 Å². The Morgan fingerprint density at radius 2 is 1.19 bits per heavy atom. The largest absolute Gasteiger partial charge is 0.394 e. The van der Waals surface area contributed by atoms with Crippen LogP contribution in [0, 0.1) is 0 Å². The van der Waals surface area contributed by atoms with Crippen LogP contribution in [-0.2, 0) is 20.2 Å². The van der Waals surface area contributed by atoms with Crippen LogP contribution in [0.1, 0.15) is 6.42 Å². The number of hydrogen-bond acceptors (Lipinski definition) is 8. The zero-order chi connectivity index (χ0) is 16.7. The molecule has 0 saturated heterocycles. The summed E-state index contributed by atoms with van der Waals surface area (Å²) < 4.78 is 60.2. The van der Waals surface area contributed by atoms with Crippen molar-refractivity contribution in [2.75, 3.05) is 44.4 Å². The molecule has 0 spiro atoms. The Morgan fingerprint density at radius 1 is 0.762 bits per heavy atom. The first-order valence-corrected chi connectivity index (χ1v) is 9.19. The molecule has 0 heterocycles. The molecule has 0 aromatic rings. The first-order valence-electron chi connectivity index (χ1n) is 5.97. The van der Waals surface area contributed by atoms with Gasteiger partial charge in [-0.3, -0.25) is 14.0 Å². The van der Waals surface area contributed by atoms with Crippen molar-refractivity contribution in [2.45, 2.75) is 12.0 Å². The zero-order valence-corrected chi connectivity index (χ0v) is 12.9. The molecule has 0 fully saturated rings. The van der Waals surface area contributed by atoms with Crippen LogP contribution < -0.4 is 0 Å². The van der Waals surface area contributed by atoms with E-state index in [1.165, 1.54) is 0 Å². The van der Waals surface area contributed by atoms with Gasteiger partial charge in [-0.15, -0.1) is 0 Å². The molecule has 0 aliphatic heterocycles. The molecule has 0 saturated carbocycles. The molecule has 0 aliphatic carbocycles. The summed E-state index contributed by atoms with van der Waals surface area (Å²) in [5.41, 5.74) is -1.57. The van der Waals surface area contributed by atoms with Crippen molar-refractivity contribution in [2.24, 2.45) is 0 Å². The van der Waals surface area contributed by atoms with Crippen LogP contribution in [0.4, 0.5) is 0 Å². The van der Waals surface area contributed by atoms with Crippen LogP contribution in [-0.4, -0.2) is 96.1 Å². The molecule has 0 bridgehead atoms. The first kappa shape index (κ1) is 20.7. The second-order valence-corrected chi connectivity index (χ2v) is 7.76. The Hall–Kier alpha value is -0.340. The number of aliphatic hydroxyl groups excluding tert-OH is 3. The molecule has 128 valence electrons. The normalized spacial score (nSPS) is 13.8. The molecule has 0 radical (unpaired) electrons. The van der Waals surface area contributed by atoms with Gasteiger partial charge in [0.1, 0.15) is 0 Å². The van der Waals surface area contributed by atoms with Crippen molar-refractivity contribution in [3.05, 3.63) is 0 Å². The lowest BCUT2D eigenvalue weighted by Crippen LogP contribution is -2.58. The fourth-order valence-corrected chi connectivity index (χ4v) is 2.64. The van der Waals surface area contributed by atoms with E-state index in [4.69, 9.17) is 9.11 Å². The SMILES string of the molecule is O=S(=O)(O)CCCN(CCS(=O)(=O)O)C(CO)(CO)CO. The summed E-state index contributed by atoms with van der Waals surface area (Å²) in [5.74, 6) is -1.33. The number of hydrogen-bond donors (Lipinski definition) is 5. The smallest absolute Gasteiger partial charge is 0.266 e. The standard InChI is InChI=1S/C9H21NO9S2/c11-6-9(7-12,8-13)10(3-5-21(17,18)19)2-1-4-20(14,15)16/h11-13H,1-8H2,(H,14,15,16)(H,17,18,19). The minimum absolute atomic E-state index is 0.119.